The summed E-state index contributed by atoms with van der Waals surface area (Å²) >= 11 is 0. The zero-order chi connectivity index (χ0) is 13.2. The molecule has 1 saturated carbocycles. The predicted octanol–water partition coefficient (Wildman–Crippen LogP) is 0.548. The van der Waals surface area contributed by atoms with Crippen molar-refractivity contribution in [1.82, 2.24) is 14.7 Å². The first-order valence-electron chi connectivity index (χ1n) is 6.17. The lowest BCUT2D eigenvalue weighted by Gasteiger charge is -2.25. The van der Waals surface area contributed by atoms with E-state index in [0.717, 1.165) is 25.7 Å². The van der Waals surface area contributed by atoms with Crippen LogP contribution >= 0.6 is 0 Å². The molecule has 0 saturated heterocycles. The van der Waals surface area contributed by atoms with Gasteiger partial charge in [0.2, 0.25) is 0 Å². The molecule has 2 rings (SSSR count). The molecule has 0 spiro atoms. The molecule has 1 aliphatic rings. The maximum atomic E-state index is 11.9. The number of nitrogens with one attached hydrogen (secondary N) is 2. The highest BCUT2D eigenvalue weighted by Crippen LogP contribution is 2.23. The molecule has 0 aromatic carbocycles. The zero-order valence-electron chi connectivity index (χ0n) is 10.4. The molecular weight excluding hydrogens is 254 g/mol. The van der Waals surface area contributed by atoms with E-state index in [1.807, 2.05) is 0 Å². The van der Waals surface area contributed by atoms with E-state index < -0.39 is 10.0 Å². The van der Waals surface area contributed by atoms with Crippen LogP contribution in [-0.2, 0) is 10.0 Å². The molecule has 0 radical (unpaired) electrons. The van der Waals surface area contributed by atoms with Gasteiger partial charge in [0.1, 0.15) is 5.82 Å². The van der Waals surface area contributed by atoms with Crippen molar-refractivity contribution in [3.05, 3.63) is 12.0 Å². The fourth-order valence-corrected chi connectivity index (χ4v) is 3.27. The van der Waals surface area contributed by atoms with Gasteiger partial charge in [0.25, 0.3) is 10.0 Å². The van der Waals surface area contributed by atoms with E-state index in [1.54, 1.807) is 6.92 Å². The molecule has 1 fully saturated rings. The molecule has 0 unspecified atom stereocenters. The van der Waals surface area contributed by atoms with Gasteiger partial charge < -0.3 is 10.1 Å². The Morgan fingerprint density at radius 2 is 2.11 bits per heavy atom. The third-order valence-electron chi connectivity index (χ3n) is 3.35. The highest BCUT2D eigenvalue weighted by molar-refractivity contribution is 7.89. The van der Waals surface area contributed by atoms with Gasteiger partial charge in [0, 0.05) is 6.54 Å². The van der Waals surface area contributed by atoms with E-state index in [-0.39, 0.29) is 11.1 Å². The molecule has 1 aromatic heterocycles. The second-order valence-corrected chi connectivity index (χ2v) is 6.59. The van der Waals surface area contributed by atoms with E-state index in [2.05, 4.69) is 14.7 Å². The van der Waals surface area contributed by atoms with Crippen molar-refractivity contribution < 1.29 is 13.5 Å². The van der Waals surface area contributed by atoms with Gasteiger partial charge in [-0.3, -0.25) is 0 Å². The molecule has 7 heteroatoms. The van der Waals surface area contributed by atoms with Crippen molar-refractivity contribution in [1.29, 1.82) is 0 Å². The molecule has 0 bridgehead atoms. The number of hydrogen-bond acceptors (Lipinski definition) is 4. The summed E-state index contributed by atoms with van der Waals surface area (Å²) in [5, 5.41) is 9.49. The van der Waals surface area contributed by atoms with E-state index in [1.165, 1.54) is 6.20 Å². The molecule has 6 nitrogen and oxygen atoms in total. The molecule has 0 atom stereocenters. The Morgan fingerprint density at radius 3 is 2.67 bits per heavy atom. The summed E-state index contributed by atoms with van der Waals surface area (Å²) in [6.45, 7) is 2.13. The second-order valence-electron chi connectivity index (χ2n) is 4.86. The lowest BCUT2D eigenvalue weighted by Crippen LogP contribution is -2.32. The molecule has 1 aromatic rings. The summed E-state index contributed by atoms with van der Waals surface area (Å²) in [6.07, 6.45) is 4.36. The number of aliphatic hydroxyl groups is 1. The predicted molar refractivity (Wildman–Crippen MR) is 66.5 cm³/mol. The first kappa shape index (κ1) is 13.5. The smallest absolute Gasteiger partial charge is 0.257 e. The zero-order valence-corrected chi connectivity index (χ0v) is 11.2. The summed E-state index contributed by atoms with van der Waals surface area (Å²) in [6, 6.07) is 0. The van der Waals surface area contributed by atoms with Crippen molar-refractivity contribution in [2.24, 2.45) is 5.92 Å². The van der Waals surface area contributed by atoms with Crippen LogP contribution in [0.3, 0.4) is 0 Å². The summed E-state index contributed by atoms with van der Waals surface area (Å²) in [7, 11) is -3.48. The number of aromatic nitrogens is 2. The normalized spacial score (nSPS) is 25.2. The summed E-state index contributed by atoms with van der Waals surface area (Å²) < 4.78 is 26.4. The first-order chi connectivity index (χ1) is 8.47. The van der Waals surface area contributed by atoms with E-state index in [9.17, 15) is 13.5 Å². The molecule has 18 heavy (non-hydrogen) atoms. The van der Waals surface area contributed by atoms with Crippen LogP contribution in [0, 0.1) is 12.8 Å². The van der Waals surface area contributed by atoms with Crippen molar-refractivity contribution in [2.45, 2.75) is 43.7 Å². The number of rotatable bonds is 4. The van der Waals surface area contributed by atoms with Crippen LogP contribution in [0.1, 0.15) is 31.5 Å². The van der Waals surface area contributed by atoms with Gasteiger partial charge in [-0.25, -0.2) is 18.1 Å². The minimum Gasteiger partial charge on any atom is -0.393 e. The van der Waals surface area contributed by atoms with Crippen molar-refractivity contribution in [3.8, 4) is 0 Å². The number of H-pyrrole nitrogens is 1. The van der Waals surface area contributed by atoms with E-state index >= 15 is 0 Å². The number of aryl methyl sites for hydroxylation is 1. The van der Waals surface area contributed by atoms with Crippen LogP contribution in [-0.4, -0.2) is 36.1 Å². The lowest BCUT2D eigenvalue weighted by atomic mass is 9.88. The van der Waals surface area contributed by atoms with Gasteiger partial charge in [-0.15, -0.1) is 0 Å². The molecular formula is C11H19N3O3S. The molecule has 1 aliphatic carbocycles. The molecule has 3 N–H and O–H groups in total. The topological polar surface area (TPSA) is 95.1 Å². The third-order valence-corrected chi connectivity index (χ3v) is 4.68. The fraction of sp³-hybridized carbons (Fsp3) is 0.727. The van der Waals surface area contributed by atoms with Gasteiger partial charge in [-0.05, 0) is 38.5 Å². The summed E-state index contributed by atoms with van der Waals surface area (Å²) in [4.78, 5) is 6.59. The van der Waals surface area contributed by atoms with E-state index in [4.69, 9.17) is 0 Å². The Labute approximate surface area is 107 Å². The van der Waals surface area contributed by atoms with Gasteiger partial charge in [0.05, 0.1) is 12.3 Å². The number of nitrogens with zero attached hydrogens (tertiary/aromatic N) is 1. The number of hydrogen-bond donors (Lipinski definition) is 3. The number of sulfonamides is 1. The fourth-order valence-electron chi connectivity index (χ4n) is 2.19. The SMILES string of the molecule is Cc1ncc(S(=O)(=O)NCC2CCC(O)CC2)[nH]1. The highest BCUT2D eigenvalue weighted by atomic mass is 32.2. The maximum Gasteiger partial charge on any atom is 0.257 e. The Kier molecular flexibility index (Phi) is 4.04. The average molecular weight is 273 g/mol. The van der Waals surface area contributed by atoms with E-state index in [0.29, 0.717) is 18.3 Å². The Morgan fingerprint density at radius 1 is 1.44 bits per heavy atom. The standard InChI is InChI=1S/C11H19N3O3S/c1-8-12-7-11(14-8)18(16,17)13-6-9-2-4-10(15)5-3-9/h7,9-10,13,15H,2-6H2,1H3,(H,12,14). The van der Waals surface area contributed by atoms with Crippen LogP contribution < -0.4 is 4.72 Å². The van der Waals surface area contributed by atoms with Gasteiger partial charge in [-0.2, -0.15) is 0 Å². The molecule has 0 aliphatic heterocycles. The van der Waals surface area contributed by atoms with Crippen LogP contribution in [0.5, 0.6) is 0 Å². The van der Waals surface area contributed by atoms with Gasteiger partial charge in [0.15, 0.2) is 5.03 Å². The summed E-state index contributed by atoms with van der Waals surface area (Å²) in [5.41, 5.74) is 0. The molecule has 102 valence electrons. The van der Waals surface area contributed by atoms with Gasteiger partial charge in [-0.1, -0.05) is 0 Å². The largest absolute Gasteiger partial charge is 0.393 e. The Hall–Kier alpha value is -0.920. The third kappa shape index (κ3) is 3.30. The maximum absolute atomic E-state index is 11.9. The molecule has 0 amide bonds. The number of aromatic amines is 1. The molecule has 1 heterocycles. The highest BCUT2D eigenvalue weighted by Gasteiger charge is 2.22. The average Bonchev–Trinajstić information content (AvgIpc) is 2.76. The van der Waals surface area contributed by atoms with Crippen LogP contribution in [0.2, 0.25) is 0 Å². The van der Waals surface area contributed by atoms with Crippen molar-refractivity contribution >= 4 is 10.0 Å². The van der Waals surface area contributed by atoms with Crippen LogP contribution in [0.15, 0.2) is 11.2 Å². The van der Waals surface area contributed by atoms with Gasteiger partial charge >= 0.3 is 0 Å². The Bertz CT molecular complexity index is 489. The first-order valence-corrected chi connectivity index (χ1v) is 7.65. The minimum absolute atomic E-state index is 0.107. The quantitative estimate of drug-likeness (QED) is 0.746. The van der Waals surface area contributed by atoms with Crippen molar-refractivity contribution in [3.63, 3.8) is 0 Å². The lowest BCUT2D eigenvalue weighted by molar-refractivity contribution is 0.109. The second kappa shape index (κ2) is 5.38. The number of aliphatic hydroxyl groups excluding tert-OH is 1. The van der Waals surface area contributed by atoms with Crippen LogP contribution in [0.4, 0.5) is 0 Å². The monoisotopic (exact) mass is 273 g/mol. The summed E-state index contributed by atoms with van der Waals surface area (Å²) in [5.74, 6) is 0.892. The minimum atomic E-state index is -3.48. The van der Waals surface area contributed by atoms with Crippen LogP contribution in [0.25, 0.3) is 0 Å². The Balaban J connectivity index is 1.90. The van der Waals surface area contributed by atoms with Crippen molar-refractivity contribution in [2.75, 3.05) is 6.54 Å². The number of imidazole rings is 1.